The third-order valence-electron chi connectivity index (χ3n) is 2.17. The molecule has 0 amide bonds. The van der Waals surface area contributed by atoms with Crippen LogP contribution in [0.1, 0.15) is 6.92 Å². The smallest absolute Gasteiger partial charge is 0.351 e. The van der Waals surface area contributed by atoms with Crippen molar-refractivity contribution in [2.24, 2.45) is 0 Å². The summed E-state index contributed by atoms with van der Waals surface area (Å²) in [5.41, 5.74) is 0.928. The van der Waals surface area contributed by atoms with Crippen molar-refractivity contribution in [1.82, 2.24) is 0 Å². The van der Waals surface area contributed by atoms with E-state index in [2.05, 4.69) is 5.32 Å². The molecule has 0 aromatic heterocycles. The molecule has 0 saturated heterocycles. The molecule has 0 bridgehead atoms. The molecule has 1 heterocycles. The van der Waals surface area contributed by atoms with Gasteiger partial charge < -0.3 is 10.1 Å². The average molecular weight is 246 g/mol. The number of fused-ring (bicyclic) bond motifs is 1. The van der Waals surface area contributed by atoms with Gasteiger partial charge in [0.05, 0.1) is 12.3 Å². The number of anilines is 1. The van der Waals surface area contributed by atoms with Crippen LogP contribution in [0, 0.1) is 11.3 Å². The predicted molar refractivity (Wildman–Crippen MR) is 65.2 cm³/mol. The summed E-state index contributed by atoms with van der Waals surface area (Å²) in [6.45, 7) is 1.97. The van der Waals surface area contributed by atoms with Crippen LogP contribution in [-0.4, -0.2) is 12.6 Å². The summed E-state index contributed by atoms with van der Waals surface area (Å²) in [7, 11) is 0. The SMILES string of the molecule is CCOC(=O)/C(C#N)=C1\Nc2ccccc2S1. The summed E-state index contributed by atoms with van der Waals surface area (Å²) in [6.07, 6.45) is 0. The molecule has 0 spiro atoms. The first-order valence-electron chi connectivity index (χ1n) is 5.11. The van der Waals surface area contributed by atoms with Crippen molar-refractivity contribution in [2.45, 2.75) is 11.8 Å². The molecule has 1 aromatic rings. The van der Waals surface area contributed by atoms with Gasteiger partial charge in [-0.05, 0) is 19.1 Å². The van der Waals surface area contributed by atoms with E-state index in [1.54, 1.807) is 6.92 Å². The highest BCUT2D eigenvalue weighted by Crippen LogP contribution is 2.41. The Morgan fingerprint density at radius 1 is 1.53 bits per heavy atom. The first-order chi connectivity index (χ1) is 8.26. The Morgan fingerprint density at radius 2 is 2.29 bits per heavy atom. The molecule has 0 radical (unpaired) electrons. The van der Waals surface area contributed by atoms with Crippen LogP contribution >= 0.6 is 11.8 Å². The molecule has 0 unspecified atom stereocenters. The zero-order chi connectivity index (χ0) is 12.3. The quantitative estimate of drug-likeness (QED) is 0.493. The Kier molecular flexibility index (Phi) is 3.35. The van der Waals surface area contributed by atoms with Crippen molar-refractivity contribution in [1.29, 1.82) is 5.26 Å². The Morgan fingerprint density at radius 3 is 2.94 bits per heavy atom. The Hall–Kier alpha value is -1.93. The van der Waals surface area contributed by atoms with Gasteiger partial charge in [-0.2, -0.15) is 5.26 Å². The van der Waals surface area contributed by atoms with Crippen LogP contribution in [0.15, 0.2) is 39.8 Å². The van der Waals surface area contributed by atoms with Gasteiger partial charge >= 0.3 is 5.97 Å². The maximum absolute atomic E-state index is 11.6. The second kappa shape index (κ2) is 4.93. The van der Waals surface area contributed by atoms with E-state index in [0.717, 1.165) is 10.6 Å². The van der Waals surface area contributed by atoms with E-state index in [1.165, 1.54) is 11.8 Å². The van der Waals surface area contributed by atoms with Crippen molar-refractivity contribution in [3.8, 4) is 6.07 Å². The van der Waals surface area contributed by atoms with Crippen LogP contribution in [0.3, 0.4) is 0 Å². The van der Waals surface area contributed by atoms with Crippen LogP contribution in [0.25, 0.3) is 0 Å². The Labute approximate surface area is 103 Å². The Bertz CT molecular complexity index is 505. The number of para-hydroxylation sites is 1. The largest absolute Gasteiger partial charge is 0.462 e. The number of carbonyl (C=O) groups excluding carboxylic acids is 1. The van der Waals surface area contributed by atoms with Crippen molar-refractivity contribution in [3.05, 3.63) is 34.9 Å². The summed E-state index contributed by atoms with van der Waals surface area (Å²) in [5.74, 6) is -0.585. The third-order valence-corrected chi connectivity index (χ3v) is 3.25. The lowest BCUT2D eigenvalue weighted by Crippen LogP contribution is -2.09. The molecule has 1 aromatic carbocycles. The molecular formula is C12H10N2O2S. The number of hydrogen-bond acceptors (Lipinski definition) is 5. The summed E-state index contributed by atoms with van der Waals surface area (Å²) < 4.78 is 4.83. The molecule has 5 heteroatoms. The minimum absolute atomic E-state index is 0.0213. The minimum atomic E-state index is -0.585. The first kappa shape index (κ1) is 11.6. The molecular weight excluding hydrogens is 236 g/mol. The van der Waals surface area contributed by atoms with E-state index >= 15 is 0 Å². The number of hydrogen-bond donors (Lipinski definition) is 1. The van der Waals surface area contributed by atoms with Crippen molar-refractivity contribution >= 4 is 23.4 Å². The van der Waals surface area contributed by atoms with Crippen LogP contribution in [0.4, 0.5) is 5.69 Å². The van der Waals surface area contributed by atoms with Gasteiger partial charge in [-0.25, -0.2) is 4.79 Å². The fourth-order valence-corrected chi connectivity index (χ4v) is 2.41. The van der Waals surface area contributed by atoms with Gasteiger partial charge in [0, 0.05) is 4.90 Å². The van der Waals surface area contributed by atoms with Crippen molar-refractivity contribution in [3.63, 3.8) is 0 Å². The van der Waals surface area contributed by atoms with Gasteiger partial charge in [0.2, 0.25) is 0 Å². The maximum atomic E-state index is 11.6. The normalized spacial score (nSPS) is 15.5. The predicted octanol–water partition coefficient (Wildman–Crippen LogP) is 2.50. The lowest BCUT2D eigenvalue weighted by Gasteiger charge is -2.03. The topological polar surface area (TPSA) is 62.1 Å². The summed E-state index contributed by atoms with van der Waals surface area (Å²) >= 11 is 1.37. The van der Waals surface area contributed by atoms with Gasteiger partial charge in [0.25, 0.3) is 0 Å². The summed E-state index contributed by atoms with van der Waals surface area (Å²) in [6, 6.07) is 9.52. The lowest BCUT2D eigenvalue weighted by atomic mass is 10.3. The number of benzene rings is 1. The third kappa shape index (κ3) is 2.27. The van der Waals surface area contributed by atoms with Gasteiger partial charge in [0.15, 0.2) is 5.57 Å². The van der Waals surface area contributed by atoms with E-state index in [9.17, 15) is 4.79 Å². The fourth-order valence-electron chi connectivity index (χ4n) is 1.42. The maximum Gasteiger partial charge on any atom is 0.351 e. The van der Waals surface area contributed by atoms with Crippen molar-refractivity contribution in [2.75, 3.05) is 11.9 Å². The molecule has 4 nitrogen and oxygen atoms in total. The highest BCUT2D eigenvalue weighted by atomic mass is 32.2. The van der Waals surface area contributed by atoms with E-state index in [0.29, 0.717) is 5.03 Å². The number of rotatable bonds is 2. The second-order valence-electron chi connectivity index (χ2n) is 3.26. The van der Waals surface area contributed by atoms with E-state index in [-0.39, 0.29) is 12.2 Å². The zero-order valence-electron chi connectivity index (χ0n) is 9.19. The lowest BCUT2D eigenvalue weighted by molar-refractivity contribution is -0.138. The molecule has 0 saturated carbocycles. The molecule has 1 aliphatic rings. The van der Waals surface area contributed by atoms with Gasteiger partial charge in [-0.15, -0.1) is 0 Å². The summed E-state index contributed by atoms with van der Waals surface area (Å²) in [4.78, 5) is 12.6. The highest BCUT2D eigenvalue weighted by molar-refractivity contribution is 8.03. The van der Waals surface area contributed by atoms with E-state index in [1.807, 2.05) is 30.3 Å². The van der Waals surface area contributed by atoms with Crippen LogP contribution in [0.2, 0.25) is 0 Å². The molecule has 0 fully saturated rings. The number of thioether (sulfide) groups is 1. The number of nitrogens with one attached hydrogen (secondary N) is 1. The van der Waals surface area contributed by atoms with E-state index in [4.69, 9.17) is 10.00 Å². The van der Waals surface area contributed by atoms with E-state index < -0.39 is 5.97 Å². The number of nitrogens with zero attached hydrogens (tertiary/aromatic N) is 1. The number of esters is 1. The van der Waals surface area contributed by atoms with Gasteiger partial charge in [0.1, 0.15) is 11.1 Å². The first-order valence-corrected chi connectivity index (χ1v) is 5.93. The number of nitriles is 1. The molecule has 86 valence electrons. The van der Waals surface area contributed by atoms with Crippen LogP contribution in [0.5, 0.6) is 0 Å². The molecule has 1 aliphatic heterocycles. The second-order valence-corrected chi connectivity index (χ2v) is 4.31. The fraction of sp³-hybridized carbons (Fsp3) is 0.167. The molecule has 0 atom stereocenters. The van der Waals surface area contributed by atoms with Gasteiger partial charge in [-0.3, -0.25) is 0 Å². The number of ether oxygens (including phenoxy) is 1. The molecule has 17 heavy (non-hydrogen) atoms. The highest BCUT2D eigenvalue weighted by Gasteiger charge is 2.23. The van der Waals surface area contributed by atoms with Crippen LogP contribution < -0.4 is 5.32 Å². The monoisotopic (exact) mass is 246 g/mol. The van der Waals surface area contributed by atoms with Gasteiger partial charge in [-0.1, -0.05) is 23.9 Å². The standard InChI is InChI=1S/C12H10N2O2S/c1-2-16-12(15)8(7-13)11-14-9-5-3-4-6-10(9)17-11/h3-6,14H,2H2,1H3/b11-8+. The summed E-state index contributed by atoms with van der Waals surface area (Å²) in [5, 5.41) is 12.6. The minimum Gasteiger partial charge on any atom is -0.462 e. The zero-order valence-corrected chi connectivity index (χ0v) is 10.0. The molecule has 2 rings (SSSR count). The van der Waals surface area contributed by atoms with Crippen LogP contribution in [-0.2, 0) is 9.53 Å². The number of carbonyl (C=O) groups is 1. The molecule has 0 aliphatic carbocycles. The van der Waals surface area contributed by atoms with Crippen molar-refractivity contribution < 1.29 is 9.53 Å². The molecule has 1 N–H and O–H groups in total. The average Bonchev–Trinajstić information content (AvgIpc) is 2.73. The Balaban J connectivity index is 2.30.